The van der Waals surface area contributed by atoms with E-state index in [4.69, 9.17) is 10.5 Å². The van der Waals surface area contributed by atoms with E-state index in [9.17, 15) is 4.79 Å². The highest BCUT2D eigenvalue weighted by molar-refractivity contribution is 5.92. The number of nitrogens with two attached hydrogens (primary N) is 1. The first-order valence-corrected chi connectivity index (χ1v) is 5.57. The van der Waals surface area contributed by atoms with Crippen molar-refractivity contribution in [2.45, 2.75) is 26.3 Å². The standard InChI is InChI=1S/C11H19N3O3/c1-4-8-13-9(11(15)17-3)10(12)14(8)6-5-7-16-2/h4-7,12H2,1-3H3. The zero-order chi connectivity index (χ0) is 12.8. The van der Waals surface area contributed by atoms with Crippen LogP contribution in [0.15, 0.2) is 0 Å². The average molecular weight is 241 g/mol. The van der Waals surface area contributed by atoms with Crippen LogP contribution in [0.4, 0.5) is 5.82 Å². The van der Waals surface area contributed by atoms with Crippen molar-refractivity contribution in [2.24, 2.45) is 0 Å². The Morgan fingerprint density at radius 3 is 2.71 bits per heavy atom. The van der Waals surface area contributed by atoms with Crippen LogP contribution in [0.2, 0.25) is 0 Å². The molecule has 17 heavy (non-hydrogen) atoms. The van der Waals surface area contributed by atoms with Crippen molar-refractivity contribution in [1.82, 2.24) is 9.55 Å². The number of anilines is 1. The Labute approximate surface area is 101 Å². The van der Waals surface area contributed by atoms with Crippen molar-refractivity contribution < 1.29 is 14.3 Å². The van der Waals surface area contributed by atoms with Gasteiger partial charge < -0.3 is 19.8 Å². The molecule has 0 aliphatic heterocycles. The molecule has 0 amide bonds. The number of esters is 1. The third kappa shape index (κ3) is 2.97. The Hall–Kier alpha value is -1.56. The predicted octanol–water partition coefficient (Wildman–Crippen LogP) is 0.851. The van der Waals surface area contributed by atoms with E-state index in [-0.39, 0.29) is 5.69 Å². The van der Waals surface area contributed by atoms with Crippen molar-refractivity contribution >= 4 is 11.8 Å². The molecule has 0 radical (unpaired) electrons. The Balaban J connectivity index is 2.94. The van der Waals surface area contributed by atoms with Crippen LogP contribution >= 0.6 is 0 Å². The van der Waals surface area contributed by atoms with E-state index in [0.29, 0.717) is 25.4 Å². The quantitative estimate of drug-likeness (QED) is 0.590. The highest BCUT2D eigenvalue weighted by Gasteiger charge is 2.19. The number of hydrogen-bond acceptors (Lipinski definition) is 5. The van der Waals surface area contributed by atoms with Crippen molar-refractivity contribution in [3.05, 3.63) is 11.5 Å². The third-order valence-electron chi connectivity index (χ3n) is 2.51. The van der Waals surface area contributed by atoms with E-state index < -0.39 is 5.97 Å². The van der Waals surface area contributed by atoms with Gasteiger partial charge in [0.1, 0.15) is 11.6 Å². The molecule has 0 unspecified atom stereocenters. The molecule has 0 aliphatic rings. The Bertz CT molecular complexity index is 388. The lowest BCUT2D eigenvalue weighted by Gasteiger charge is -2.08. The van der Waals surface area contributed by atoms with E-state index >= 15 is 0 Å². The first-order valence-electron chi connectivity index (χ1n) is 5.57. The number of ether oxygens (including phenoxy) is 2. The molecule has 1 heterocycles. The topological polar surface area (TPSA) is 79.4 Å². The molecule has 0 spiro atoms. The molecule has 1 aromatic heterocycles. The zero-order valence-corrected chi connectivity index (χ0v) is 10.5. The first kappa shape index (κ1) is 13.5. The van der Waals surface area contributed by atoms with Gasteiger partial charge in [0.25, 0.3) is 0 Å². The molecule has 1 rings (SSSR count). The fourth-order valence-electron chi connectivity index (χ4n) is 1.65. The van der Waals surface area contributed by atoms with Gasteiger partial charge in [-0.15, -0.1) is 0 Å². The zero-order valence-electron chi connectivity index (χ0n) is 10.5. The number of carbonyl (C=O) groups is 1. The minimum absolute atomic E-state index is 0.196. The summed E-state index contributed by atoms with van der Waals surface area (Å²) in [5.41, 5.74) is 6.09. The molecule has 96 valence electrons. The summed E-state index contributed by atoms with van der Waals surface area (Å²) in [5, 5.41) is 0. The minimum Gasteiger partial charge on any atom is -0.464 e. The normalized spacial score (nSPS) is 10.5. The summed E-state index contributed by atoms with van der Waals surface area (Å²) in [6.45, 7) is 3.30. The number of rotatable bonds is 6. The second kappa shape index (κ2) is 6.24. The molecule has 0 atom stereocenters. The minimum atomic E-state index is -0.498. The highest BCUT2D eigenvalue weighted by atomic mass is 16.5. The summed E-state index contributed by atoms with van der Waals surface area (Å²) in [6.07, 6.45) is 1.54. The summed E-state index contributed by atoms with van der Waals surface area (Å²) in [5.74, 6) is 0.659. The maximum atomic E-state index is 11.4. The number of hydrogen-bond donors (Lipinski definition) is 1. The molecule has 0 bridgehead atoms. The summed E-state index contributed by atoms with van der Waals surface area (Å²) < 4.78 is 11.5. The van der Waals surface area contributed by atoms with Crippen LogP contribution in [0.25, 0.3) is 0 Å². The third-order valence-corrected chi connectivity index (χ3v) is 2.51. The van der Waals surface area contributed by atoms with Crippen LogP contribution in [0.1, 0.15) is 29.7 Å². The fourth-order valence-corrected chi connectivity index (χ4v) is 1.65. The molecule has 0 fully saturated rings. The van der Waals surface area contributed by atoms with E-state index in [1.54, 1.807) is 7.11 Å². The second-order valence-corrected chi connectivity index (χ2v) is 3.61. The number of carbonyl (C=O) groups excluding carboxylic acids is 1. The Morgan fingerprint density at radius 2 is 2.18 bits per heavy atom. The smallest absolute Gasteiger partial charge is 0.360 e. The first-order chi connectivity index (χ1) is 8.15. The lowest BCUT2D eigenvalue weighted by molar-refractivity contribution is 0.0595. The maximum Gasteiger partial charge on any atom is 0.360 e. The van der Waals surface area contributed by atoms with Gasteiger partial charge in [0.2, 0.25) is 0 Å². The van der Waals surface area contributed by atoms with Gasteiger partial charge in [-0.2, -0.15) is 0 Å². The van der Waals surface area contributed by atoms with Gasteiger partial charge in [-0.1, -0.05) is 6.92 Å². The molecule has 0 aromatic carbocycles. The van der Waals surface area contributed by atoms with Crippen LogP contribution in [0.5, 0.6) is 0 Å². The number of imidazole rings is 1. The van der Waals surface area contributed by atoms with Gasteiger partial charge in [-0.25, -0.2) is 9.78 Å². The van der Waals surface area contributed by atoms with Gasteiger partial charge in [-0.3, -0.25) is 0 Å². The van der Waals surface area contributed by atoms with Crippen LogP contribution in [0, 0.1) is 0 Å². The lowest BCUT2D eigenvalue weighted by atomic mass is 10.4. The number of nitrogen functional groups attached to an aromatic ring is 1. The summed E-state index contributed by atoms with van der Waals surface area (Å²) >= 11 is 0. The van der Waals surface area contributed by atoms with E-state index in [1.807, 2.05) is 11.5 Å². The summed E-state index contributed by atoms with van der Waals surface area (Å²) in [4.78, 5) is 15.6. The van der Waals surface area contributed by atoms with E-state index in [2.05, 4.69) is 9.72 Å². The summed E-state index contributed by atoms with van der Waals surface area (Å²) in [6, 6.07) is 0. The lowest BCUT2D eigenvalue weighted by Crippen LogP contribution is -2.10. The molecule has 0 aliphatic carbocycles. The van der Waals surface area contributed by atoms with Crippen molar-refractivity contribution in [1.29, 1.82) is 0 Å². The Kier molecular flexibility index (Phi) is 4.96. The maximum absolute atomic E-state index is 11.4. The molecule has 1 aromatic rings. The second-order valence-electron chi connectivity index (χ2n) is 3.61. The van der Waals surface area contributed by atoms with Gasteiger partial charge in [-0.05, 0) is 6.42 Å². The van der Waals surface area contributed by atoms with Gasteiger partial charge in [0, 0.05) is 26.7 Å². The van der Waals surface area contributed by atoms with Crippen LogP contribution < -0.4 is 5.73 Å². The highest BCUT2D eigenvalue weighted by Crippen LogP contribution is 2.16. The molecular formula is C11H19N3O3. The summed E-state index contributed by atoms with van der Waals surface area (Å²) in [7, 11) is 2.97. The molecule has 6 heteroatoms. The molecule has 6 nitrogen and oxygen atoms in total. The number of nitrogens with zero attached hydrogens (tertiary/aromatic N) is 2. The number of aryl methyl sites for hydroxylation is 1. The van der Waals surface area contributed by atoms with Gasteiger partial charge in [0.05, 0.1) is 7.11 Å². The molecular weight excluding hydrogens is 222 g/mol. The molecule has 0 saturated carbocycles. The molecule has 0 saturated heterocycles. The van der Waals surface area contributed by atoms with Gasteiger partial charge in [0.15, 0.2) is 5.69 Å². The van der Waals surface area contributed by atoms with Crippen molar-refractivity contribution in [3.8, 4) is 0 Å². The van der Waals surface area contributed by atoms with Crippen LogP contribution in [-0.2, 0) is 22.4 Å². The van der Waals surface area contributed by atoms with Crippen molar-refractivity contribution in [2.75, 3.05) is 26.6 Å². The van der Waals surface area contributed by atoms with E-state index in [0.717, 1.165) is 12.2 Å². The molecule has 2 N–H and O–H groups in total. The monoisotopic (exact) mass is 241 g/mol. The Morgan fingerprint density at radius 1 is 1.47 bits per heavy atom. The number of methoxy groups -OCH3 is 2. The van der Waals surface area contributed by atoms with Crippen LogP contribution in [-0.4, -0.2) is 36.3 Å². The predicted molar refractivity (Wildman–Crippen MR) is 63.8 cm³/mol. The van der Waals surface area contributed by atoms with Crippen molar-refractivity contribution in [3.63, 3.8) is 0 Å². The largest absolute Gasteiger partial charge is 0.464 e. The van der Waals surface area contributed by atoms with Gasteiger partial charge >= 0.3 is 5.97 Å². The fraction of sp³-hybridized carbons (Fsp3) is 0.636. The number of aromatic nitrogens is 2. The van der Waals surface area contributed by atoms with E-state index in [1.165, 1.54) is 7.11 Å². The van der Waals surface area contributed by atoms with Crippen LogP contribution in [0.3, 0.4) is 0 Å². The SMILES string of the molecule is CCc1nc(C(=O)OC)c(N)n1CCCOC. The average Bonchev–Trinajstić information content (AvgIpc) is 2.66.